The molecule has 6 rings (SSSR count). The summed E-state index contributed by atoms with van der Waals surface area (Å²) in [6.07, 6.45) is 16.3. The van der Waals surface area contributed by atoms with E-state index in [4.69, 9.17) is 17.3 Å². The van der Waals surface area contributed by atoms with Crippen molar-refractivity contribution < 1.29 is 0 Å². The number of benzene rings is 1. The summed E-state index contributed by atoms with van der Waals surface area (Å²) in [5, 5.41) is 1.01. The summed E-state index contributed by atoms with van der Waals surface area (Å²) < 4.78 is 0. The maximum Gasteiger partial charge on any atom is 0.0446 e. The van der Waals surface area contributed by atoms with E-state index in [0.717, 1.165) is 41.7 Å². The van der Waals surface area contributed by atoms with Crippen LogP contribution >= 0.6 is 11.6 Å². The molecular weight excluding hydrogens is 374 g/mol. The summed E-state index contributed by atoms with van der Waals surface area (Å²) in [6.45, 7) is 5.22. The number of hydrogen-bond acceptors (Lipinski definition) is 1. The van der Waals surface area contributed by atoms with Gasteiger partial charge in [0.1, 0.15) is 0 Å². The van der Waals surface area contributed by atoms with Crippen molar-refractivity contribution in [1.82, 2.24) is 0 Å². The van der Waals surface area contributed by atoms with Crippen LogP contribution in [0.5, 0.6) is 0 Å². The fraction of sp³-hybridized carbons (Fsp3) is 0.704. The number of hydrogen-bond donors (Lipinski definition) is 1. The van der Waals surface area contributed by atoms with Gasteiger partial charge in [0, 0.05) is 5.02 Å². The topological polar surface area (TPSA) is 26.0 Å². The summed E-state index contributed by atoms with van der Waals surface area (Å²) in [4.78, 5) is 0. The molecule has 0 aromatic heterocycles. The Balaban J connectivity index is 1.32. The predicted octanol–water partition coefficient (Wildman–Crippen LogP) is 7.06. The zero-order valence-electron chi connectivity index (χ0n) is 18.0. The molecule has 1 nitrogen and oxygen atoms in total. The molecule has 5 fully saturated rings. The second-order valence-electron chi connectivity index (χ2n) is 11.1. The molecule has 1 aromatic carbocycles. The molecule has 0 radical (unpaired) electrons. The van der Waals surface area contributed by atoms with Crippen LogP contribution in [0.4, 0.5) is 0 Å². The third kappa shape index (κ3) is 3.83. The lowest BCUT2D eigenvalue weighted by atomic mass is 9.48. The Morgan fingerprint density at radius 1 is 1.03 bits per heavy atom. The van der Waals surface area contributed by atoms with Gasteiger partial charge in [0.2, 0.25) is 0 Å². The van der Waals surface area contributed by atoms with Crippen molar-refractivity contribution in [2.24, 2.45) is 35.3 Å². The highest BCUT2D eigenvalue weighted by atomic mass is 35.5. The highest BCUT2D eigenvalue weighted by Crippen LogP contribution is 2.61. The maximum absolute atomic E-state index is 6.96. The van der Waals surface area contributed by atoms with E-state index in [1.165, 1.54) is 87.3 Å². The monoisotopic (exact) mass is 411 g/mol. The van der Waals surface area contributed by atoms with Gasteiger partial charge in [0.15, 0.2) is 0 Å². The number of rotatable bonds is 6. The first-order valence-electron chi connectivity index (χ1n) is 12.2. The highest BCUT2D eigenvalue weighted by molar-refractivity contribution is 6.31. The lowest BCUT2D eigenvalue weighted by Crippen LogP contribution is -2.48. The lowest BCUT2D eigenvalue weighted by Gasteiger charge is -2.57. The molecule has 5 aliphatic rings. The molecule has 5 saturated carbocycles. The maximum atomic E-state index is 6.96. The summed E-state index contributed by atoms with van der Waals surface area (Å²) in [5.41, 5.74) is 10.7. The van der Waals surface area contributed by atoms with Crippen molar-refractivity contribution in [2.45, 2.75) is 82.5 Å². The minimum atomic E-state index is 0.378. The van der Waals surface area contributed by atoms with Gasteiger partial charge in [-0.15, -0.1) is 0 Å². The minimum absolute atomic E-state index is 0.378. The van der Waals surface area contributed by atoms with Crippen molar-refractivity contribution >= 4 is 11.6 Å². The molecule has 1 aromatic rings. The zero-order chi connectivity index (χ0) is 20.0. The Hall–Kier alpha value is -0.790. The first-order valence-corrected chi connectivity index (χ1v) is 12.6. The van der Waals surface area contributed by atoms with Crippen LogP contribution in [-0.2, 0) is 11.8 Å². The molecule has 0 saturated heterocycles. The van der Waals surface area contributed by atoms with Gasteiger partial charge in [-0.1, -0.05) is 55.1 Å². The SMILES string of the molecule is C=C(Cc1ccc(C23CC4CC(CC(C4)C2)C3)c(Cl)c1)C(CN)C1CCCCC1. The first-order chi connectivity index (χ1) is 14.1. The van der Waals surface area contributed by atoms with E-state index in [-0.39, 0.29) is 0 Å². The Kier molecular flexibility index (Phi) is 5.58. The molecule has 1 unspecified atom stereocenters. The summed E-state index contributed by atoms with van der Waals surface area (Å²) >= 11 is 6.96. The van der Waals surface area contributed by atoms with Crippen LogP contribution < -0.4 is 5.73 Å². The van der Waals surface area contributed by atoms with Crippen molar-refractivity contribution in [3.8, 4) is 0 Å². The van der Waals surface area contributed by atoms with Crippen molar-refractivity contribution in [1.29, 1.82) is 0 Å². The molecule has 5 aliphatic carbocycles. The van der Waals surface area contributed by atoms with Crippen LogP contribution in [-0.4, -0.2) is 6.54 Å². The molecule has 0 aliphatic heterocycles. The number of nitrogens with two attached hydrogens (primary N) is 1. The van der Waals surface area contributed by atoms with Gasteiger partial charge < -0.3 is 5.73 Å². The van der Waals surface area contributed by atoms with Crippen LogP contribution in [0, 0.1) is 29.6 Å². The molecule has 2 heteroatoms. The molecule has 29 heavy (non-hydrogen) atoms. The van der Waals surface area contributed by atoms with Crippen LogP contribution in [0.2, 0.25) is 5.02 Å². The Morgan fingerprint density at radius 3 is 2.21 bits per heavy atom. The van der Waals surface area contributed by atoms with Crippen molar-refractivity contribution in [3.05, 3.63) is 46.5 Å². The van der Waals surface area contributed by atoms with Gasteiger partial charge in [-0.3, -0.25) is 0 Å². The Labute approximate surface area is 182 Å². The zero-order valence-corrected chi connectivity index (χ0v) is 18.7. The normalized spacial score (nSPS) is 35.0. The van der Waals surface area contributed by atoms with E-state index in [0.29, 0.717) is 11.3 Å². The van der Waals surface area contributed by atoms with Gasteiger partial charge in [-0.05, 0) is 117 Å². The van der Waals surface area contributed by atoms with E-state index in [1.54, 1.807) is 0 Å². The molecule has 0 spiro atoms. The molecule has 0 amide bonds. The van der Waals surface area contributed by atoms with Crippen molar-refractivity contribution in [2.75, 3.05) is 6.54 Å². The summed E-state index contributed by atoms with van der Waals surface area (Å²) in [5.74, 6) is 4.08. The van der Waals surface area contributed by atoms with Gasteiger partial charge in [0.05, 0.1) is 0 Å². The van der Waals surface area contributed by atoms with Gasteiger partial charge in [-0.2, -0.15) is 0 Å². The molecular formula is C27H38ClN. The van der Waals surface area contributed by atoms with E-state index >= 15 is 0 Å². The fourth-order valence-electron chi connectivity index (χ4n) is 8.16. The smallest absolute Gasteiger partial charge is 0.0446 e. The number of halogens is 1. The molecule has 0 heterocycles. The van der Waals surface area contributed by atoms with E-state index in [9.17, 15) is 0 Å². The third-order valence-corrected chi connectivity index (χ3v) is 9.38. The third-order valence-electron chi connectivity index (χ3n) is 9.07. The summed E-state index contributed by atoms with van der Waals surface area (Å²) in [6, 6.07) is 6.99. The quantitative estimate of drug-likeness (QED) is 0.498. The van der Waals surface area contributed by atoms with Gasteiger partial charge in [0.25, 0.3) is 0 Å². The van der Waals surface area contributed by atoms with E-state index in [2.05, 4.69) is 24.8 Å². The first kappa shape index (κ1) is 20.1. The molecule has 158 valence electrons. The summed E-state index contributed by atoms with van der Waals surface area (Å²) in [7, 11) is 0. The fourth-order valence-corrected chi connectivity index (χ4v) is 8.57. The van der Waals surface area contributed by atoms with Crippen molar-refractivity contribution in [3.63, 3.8) is 0 Å². The van der Waals surface area contributed by atoms with Gasteiger partial charge >= 0.3 is 0 Å². The Morgan fingerprint density at radius 2 is 1.66 bits per heavy atom. The standard InChI is InChI=1S/C27H38ClN/c1-18(24(17-29)23-5-3-2-4-6-23)9-19-7-8-25(26(28)13-19)27-14-20-10-21(15-27)12-22(11-20)16-27/h7-8,13,20-24H,1-6,9-12,14-17,29H2. The largest absolute Gasteiger partial charge is 0.330 e. The highest BCUT2D eigenvalue weighted by Gasteiger charge is 2.52. The lowest BCUT2D eigenvalue weighted by molar-refractivity contribution is -0.00514. The van der Waals surface area contributed by atoms with E-state index in [1.807, 2.05) is 0 Å². The van der Waals surface area contributed by atoms with Crippen LogP contribution in [0.15, 0.2) is 30.4 Å². The average Bonchev–Trinajstić information content (AvgIpc) is 2.68. The Bertz CT molecular complexity index is 725. The minimum Gasteiger partial charge on any atom is -0.330 e. The molecule has 4 bridgehead atoms. The van der Waals surface area contributed by atoms with Crippen LogP contribution in [0.3, 0.4) is 0 Å². The second kappa shape index (κ2) is 8.04. The van der Waals surface area contributed by atoms with Crippen LogP contribution in [0.1, 0.15) is 81.8 Å². The molecule has 2 N–H and O–H groups in total. The van der Waals surface area contributed by atoms with E-state index < -0.39 is 0 Å². The average molecular weight is 412 g/mol. The van der Waals surface area contributed by atoms with Gasteiger partial charge in [-0.25, -0.2) is 0 Å². The second-order valence-corrected chi connectivity index (χ2v) is 11.5. The molecule has 1 atom stereocenters. The van der Waals surface area contributed by atoms with Crippen LogP contribution in [0.25, 0.3) is 0 Å². The predicted molar refractivity (Wildman–Crippen MR) is 123 cm³/mol.